The van der Waals surface area contributed by atoms with Crippen LogP contribution in [0.4, 0.5) is 17.6 Å². The number of nitrogens with zero attached hydrogens (tertiary/aromatic N) is 2. The molecule has 0 saturated heterocycles. The van der Waals surface area contributed by atoms with Gasteiger partial charge in [-0.25, -0.2) is 23.3 Å². The molecule has 2 atom stereocenters. The van der Waals surface area contributed by atoms with E-state index in [1.165, 1.54) is 42.9 Å². The van der Waals surface area contributed by atoms with Crippen molar-refractivity contribution >= 4 is 21.3 Å². The molecule has 1 aromatic carbocycles. The van der Waals surface area contributed by atoms with Crippen LogP contribution in [0.25, 0.3) is 0 Å². The van der Waals surface area contributed by atoms with E-state index >= 15 is 0 Å². The molecule has 0 aliphatic rings. The standard InChI is InChI=1S/C18H15ClF4N4O2S/c1-30(24,28)15-8-26-17(27-15)16(10-2-4-13(20)12(19)6-10)11-3-5-14(25-7-11)29-9-18(21,22)23/h2-8,16,24H,9H2,1H3,(H,26,27). The van der Waals surface area contributed by atoms with Gasteiger partial charge in [0.2, 0.25) is 5.88 Å². The van der Waals surface area contributed by atoms with Gasteiger partial charge in [-0.1, -0.05) is 23.7 Å². The number of pyridine rings is 1. The molecule has 0 saturated carbocycles. The minimum atomic E-state index is -4.50. The highest BCUT2D eigenvalue weighted by Gasteiger charge is 2.29. The first-order valence-corrected chi connectivity index (χ1v) is 10.7. The van der Waals surface area contributed by atoms with E-state index in [0.29, 0.717) is 11.1 Å². The number of H-pyrrole nitrogens is 1. The Hall–Kier alpha value is -2.66. The first-order chi connectivity index (χ1) is 13.9. The third-order valence-corrected chi connectivity index (χ3v) is 5.35. The van der Waals surface area contributed by atoms with E-state index in [-0.39, 0.29) is 21.8 Å². The highest BCUT2D eigenvalue weighted by Crippen LogP contribution is 2.33. The molecule has 0 aliphatic carbocycles. The predicted octanol–water partition coefficient (Wildman–Crippen LogP) is 4.75. The summed E-state index contributed by atoms with van der Waals surface area (Å²) in [6.07, 6.45) is -0.721. The molecule has 0 aliphatic heterocycles. The van der Waals surface area contributed by atoms with Gasteiger partial charge >= 0.3 is 6.18 Å². The Kier molecular flexibility index (Phi) is 6.04. The predicted molar refractivity (Wildman–Crippen MR) is 102 cm³/mol. The lowest BCUT2D eigenvalue weighted by Crippen LogP contribution is -2.19. The van der Waals surface area contributed by atoms with E-state index in [1.54, 1.807) is 0 Å². The van der Waals surface area contributed by atoms with Gasteiger partial charge < -0.3 is 9.72 Å². The summed E-state index contributed by atoms with van der Waals surface area (Å²) in [5.74, 6) is -1.27. The van der Waals surface area contributed by atoms with Crippen molar-refractivity contribution in [3.63, 3.8) is 0 Å². The lowest BCUT2D eigenvalue weighted by Gasteiger charge is -2.17. The molecule has 3 rings (SSSR count). The highest BCUT2D eigenvalue weighted by atomic mass is 35.5. The van der Waals surface area contributed by atoms with E-state index in [0.717, 1.165) is 6.07 Å². The fourth-order valence-corrected chi connectivity index (χ4v) is 3.41. The first kappa shape index (κ1) is 22.0. The fourth-order valence-electron chi connectivity index (χ4n) is 2.67. The number of aromatic nitrogens is 3. The second-order valence-electron chi connectivity index (χ2n) is 6.42. The summed E-state index contributed by atoms with van der Waals surface area (Å²) in [5.41, 5.74) is 0.978. The number of alkyl halides is 3. The topological polar surface area (TPSA) is 91.7 Å². The van der Waals surface area contributed by atoms with E-state index in [4.69, 9.17) is 16.4 Å². The third kappa shape index (κ3) is 5.28. The Morgan fingerprint density at radius 1 is 1.20 bits per heavy atom. The van der Waals surface area contributed by atoms with Crippen LogP contribution in [0.5, 0.6) is 5.88 Å². The highest BCUT2D eigenvalue weighted by molar-refractivity contribution is 7.91. The van der Waals surface area contributed by atoms with E-state index < -0.39 is 34.2 Å². The average molecular weight is 463 g/mol. The molecule has 0 radical (unpaired) electrons. The molecule has 0 amide bonds. The second kappa shape index (κ2) is 8.23. The monoisotopic (exact) mass is 462 g/mol. The fraction of sp³-hybridized carbons (Fsp3) is 0.222. The summed E-state index contributed by atoms with van der Waals surface area (Å²) in [6, 6.07) is 6.74. The Morgan fingerprint density at radius 2 is 1.90 bits per heavy atom. The van der Waals surface area contributed by atoms with Gasteiger partial charge in [0.25, 0.3) is 0 Å². The lowest BCUT2D eigenvalue weighted by molar-refractivity contribution is -0.154. The quantitative estimate of drug-likeness (QED) is 0.517. The largest absolute Gasteiger partial charge is 0.468 e. The second-order valence-corrected chi connectivity index (χ2v) is 8.95. The minimum Gasteiger partial charge on any atom is -0.468 e. The van der Waals surface area contributed by atoms with Crippen LogP contribution in [0.1, 0.15) is 22.9 Å². The molecule has 12 heteroatoms. The minimum absolute atomic E-state index is 0.0915. The van der Waals surface area contributed by atoms with E-state index in [1.807, 2.05) is 0 Å². The van der Waals surface area contributed by atoms with Crippen molar-refractivity contribution in [2.75, 3.05) is 12.9 Å². The Labute approximate surface area is 174 Å². The maximum Gasteiger partial charge on any atom is 0.422 e. The number of nitrogens with one attached hydrogen (secondary N) is 2. The van der Waals surface area contributed by atoms with Crippen LogP contribution in [-0.2, 0) is 9.73 Å². The van der Waals surface area contributed by atoms with Crippen LogP contribution in [0.15, 0.2) is 47.8 Å². The molecule has 0 bridgehead atoms. The van der Waals surface area contributed by atoms with E-state index in [2.05, 4.69) is 19.7 Å². The normalized spacial score (nSPS) is 14.9. The third-order valence-electron chi connectivity index (χ3n) is 4.02. The first-order valence-electron chi connectivity index (χ1n) is 8.33. The molecule has 3 aromatic rings. The smallest absolute Gasteiger partial charge is 0.422 e. The van der Waals surface area contributed by atoms with Gasteiger partial charge in [-0.05, 0) is 23.3 Å². The SMILES string of the molecule is CS(=N)(=O)c1cnc(C(c2ccc(OCC(F)(F)F)nc2)c2ccc(F)c(Cl)c2)[nH]1. The number of aromatic amines is 1. The molecule has 2 aromatic heterocycles. The maximum absolute atomic E-state index is 13.6. The van der Waals surface area contributed by atoms with Crippen molar-refractivity contribution in [2.24, 2.45) is 0 Å². The average Bonchev–Trinajstić information content (AvgIpc) is 3.14. The molecule has 2 heterocycles. The van der Waals surface area contributed by atoms with Gasteiger partial charge in [0.15, 0.2) is 6.61 Å². The Bertz CT molecular complexity index is 1150. The molecule has 30 heavy (non-hydrogen) atoms. The van der Waals surface area contributed by atoms with Crippen molar-refractivity contribution in [3.8, 4) is 5.88 Å². The van der Waals surface area contributed by atoms with Gasteiger partial charge in [0.1, 0.15) is 16.7 Å². The molecule has 0 fully saturated rings. The number of halogens is 5. The summed E-state index contributed by atoms with van der Waals surface area (Å²) in [7, 11) is -3.07. The van der Waals surface area contributed by atoms with Gasteiger partial charge in [-0.15, -0.1) is 0 Å². The number of hydrogen-bond donors (Lipinski definition) is 2. The molecule has 2 N–H and O–H groups in total. The van der Waals surface area contributed by atoms with Crippen molar-refractivity contribution in [2.45, 2.75) is 17.1 Å². The van der Waals surface area contributed by atoms with Crippen molar-refractivity contribution in [3.05, 3.63) is 70.5 Å². The summed E-state index contributed by atoms with van der Waals surface area (Å²) >= 11 is 5.90. The summed E-state index contributed by atoms with van der Waals surface area (Å²) in [4.78, 5) is 10.9. The van der Waals surface area contributed by atoms with Gasteiger partial charge in [0, 0.05) is 18.5 Å². The summed E-state index contributed by atoms with van der Waals surface area (Å²) in [6.45, 7) is -1.48. The molecular formula is C18H15ClF4N4O2S. The zero-order valence-corrected chi connectivity index (χ0v) is 16.9. The van der Waals surface area contributed by atoms with Crippen LogP contribution in [0.3, 0.4) is 0 Å². The Balaban J connectivity index is 2.01. The van der Waals surface area contributed by atoms with Gasteiger partial charge in [0.05, 0.1) is 26.9 Å². The molecular weight excluding hydrogens is 448 g/mol. The van der Waals surface area contributed by atoms with Gasteiger partial charge in [-0.2, -0.15) is 13.2 Å². The summed E-state index contributed by atoms with van der Waals surface area (Å²) < 4.78 is 74.9. The van der Waals surface area contributed by atoms with Crippen LogP contribution in [-0.4, -0.2) is 38.2 Å². The van der Waals surface area contributed by atoms with Gasteiger partial charge in [-0.3, -0.25) is 0 Å². The maximum atomic E-state index is 13.6. The number of rotatable bonds is 6. The number of imidazole rings is 1. The number of ether oxygens (including phenoxy) is 1. The van der Waals surface area contributed by atoms with Crippen molar-refractivity contribution in [1.29, 1.82) is 4.78 Å². The molecule has 0 spiro atoms. The number of benzene rings is 1. The van der Waals surface area contributed by atoms with E-state index in [9.17, 15) is 21.8 Å². The van der Waals surface area contributed by atoms with Crippen molar-refractivity contribution in [1.82, 2.24) is 15.0 Å². The zero-order valence-electron chi connectivity index (χ0n) is 15.3. The number of hydrogen-bond acceptors (Lipinski definition) is 5. The molecule has 6 nitrogen and oxygen atoms in total. The molecule has 2 unspecified atom stereocenters. The van der Waals surface area contributed by atoms with Crippen LogP contribution < -0.4 is 4.74 Å². The molecule has 160 valence electrons. The van der Waals surface area contributed by atoms with Crippen LogP contribution >= 0.6 is 11.6 Å². The Morgan fingerprint density at radius 3 is 2.43 bits per heavy atom. The zero-order chi connectivity index (χ0) is 22.1. The van der Waals surface area contributed by atoms with Crippen LogP contribution in [0.2, 0.25) is 5.02 Å². The van der Waals surface area contributed by atoms with Crippen molar-refractivity contribution < 1.29 is 26.5 Å². The van der Waals surface area contributed by atoms with Crippen LogP contribution in [0, 0.1) is 10.6 Å². The summed E-state index contributed by atoms with van der Waals surface area (Å²) in [5, 5.41) is -0.0454. The lowest BCUT2D eigenvalue weighted by atomic mass is 9.91.